The lowest BCUT2D eigenvalue weighted by Crippen LogP contribution is -1.98. The first kappa shape index (κ1) is 13.4. The Morgan fingerprint density at radius 3 is 2.63 bits per heavy atom. The summed E-state index contributed by atoms with van der Waals surface area (Å²) in [4.78, 5) is 8.13. The molecule has 0 spiro atoms. The summed E-state index contributed by atoms with van der Waals surface area (Å²) in [5.41, 5.74) is 6.25. The van der Waals surface area contributed by atoms with Gasteiger partial charge in [0.15, 0.2) is 11.5 Å². The maximum absolute atomic E-state index is 5.67. The number of nitrogens with zero attached hydrogens (tertiary/aromatic N) is 2. The van der Waals surface area contributed by atoms with Gasteiger partial charge in [-0.25, -0.2) is 4.98 Å². The molecule has 0 saturated heterocycles. The minimum Gasteiger partial charge on any atom is -0.493 e. The van der Waals surface area contributed by atoms with Crippen LogP contribution in [0.15, 0.2) is 28.9 Å². The van der Waals surface area contributed by atoms with Crippen LogP contribution >= 0.6 is 15.9 Å². The van der Waals surface area contributed by atoms with Crippen LogP contribution in [0.4, 0.5) is 5.69 Å². The summed E-state index contributed by atoms with van der Waals surface area (Å²) in [7, 11) is 3.05. The van der Waals surface area contributed by atoms with E-state index in [-0.39, 0.29) is 6.01 Å². The topological polar surface area (TPSA) is 79.5 Å². The molecule has 0 saturated carbocycles. The second-order valence-electron chi connectivity index (χ2n) is 3.52. The van der Waals surface area contributed by atoms with Gasteiger partial charge in [0.2, 0.25) is 5.88 Å². The lowest BCUT2D eigenvalue weighted by molar-refractivity contribution is 0.353. The van der Waals surface area contributed by atoms with Crippen molar-refractivity contribution in [2.75, 3.05) is 20.0 Å². The Hall–Kier alpha value is -2.02. The summed E-state index contributed by atoms with van der Waals surface area (Å²) < 4.78 is 16.4. The average Bonchev–Trinajstić information content (AvgIpc) is 2.42. The largest absolute Gasteiger partial charge is 0.493 e. The zero-order valence-corrected chi connectivity index (χ0v) is 12.0. The Bertz CT molecular complexity index is 592. The second kappa shape index (κ2) is 5.75. The van der Waals surface area contributed by atoms with Gasteiger partial charge >= 0.3 is 6.01 Å². The number of halogens is 1. The van der Waals surface area contributed by atoms with E-state index < -0.39 is 0 Å². The maximum Gasteiger partial charge on any atom is 0.325 e. The maximum atomic E-state index is 5.67. The normalized spacial score (nSPS) is 10.1. The Labute approximate surface area is 118 Å². The zero-order chi connectivity index (χ0) is 13.8. The number of hydrogen-bond acceptors (Lipinski definition) is 6. The van der Waals surface area contributed by atoms with Crippen molar-refractivity contribution < 1.29 is 14.2 Å². The molecule has 0 bridgehead atoms. The predicted molar refractivity (Wildman–Crippen MR) is 73.8 cm³/mol. The van der Waals surface area contributed by atoms with Crippen LogP contribution in [0.2, 0.25) is 0 Å². The number of nitrogen functional groups attached to an aromatic ring is 1. The quantitative estimate of drug-likeness (QED) is 0.870. The van der Waals surface area contributed by atoms with Crippen LogP contribution in [0, 0.1) is 0 Å². The molecule has 0 aliphatic heterocycles. The van der Waals surface area contributed by atoms with Gasteiger partial charge in [-0.2, -0.15) is 4.98 Å². The van der Waals surface area contributed by atoms with Gasteiger partial charge in [0.05, 0.1) is 24.9 Å². The van der Waals surface area contributed by atoms with E-state index in [1.807, 2.05) is 0 Å². The summed E-state index contributed by atoms with van der Waals surface area (Å²) in [6.45, 7) is 0. The van der Waals surface area contributed by atoms with Crippen LogP contribution in [0.5, 0.6) is 23.4 Å². The predicted octanol–water partition coefficient (Wildman–Crippen LogP) is 2.63. The fraction of sp³-hybridized carbons (Fsp3) is 0.167. The van der Waals surface area contributed by atoms with Crippen molar-refractivity contribution in [3.63, 3.8) is 0 Å². The Morgan fingerprint density at radius 1 is 1.16 bits per heavy atom. The number of nitrogens with two attached hydrogens (primary N) is 1. The van der Waals surface area contributed by atoms with Gasteiger partial charge < -0.3 is 19.9 Å². The molecule has 0 amide bonds. The number of anilines is 1. The van der Waals surface area contributed by atoms with Crippen molar-refractivity contribution in [3.8, 4) is 23.4 Å². The van der Waals surface area contributed by atoms with Gasteiger partial charge in [0.1, 0.15) is 0 Å². The molecule has 0 aliphatic rings. The van der Waals surface area contributed by atoms with Crippen molar-refractivity contribution in [2.24, 2.45) is 0 Å². The van der Waals surface area contributed by atoms with E-state index in [4.69, 9.17) is 19.9 Å². The summed E-state index contributed by atoms with van der Waals surface area (Å²) in [6.07, 6.45) is 1.55. The number of benzene rings is 1. The standard InChI is InChI=1S/C12H12BrN3O3/c1-17-10-5-7(14)3-4-9(10)19-12-15-6-8(13)11(16-12)18-2/h3-6H,14H2,1-2H3. The first-order valence-corrected chi connectivity index (χ1v) is 6.11. The number of rotatable bonds is 4. The van der Waals surface area contributed by atoms with Gasteiger partial charge in [-0.15, -0.1) is 0 Å². The molecule has 2 N–H and O–H groups in total. The minimum absolute atomic E-state index is 0.156. The van der Waals surface area contributed by atoms with E-state index in [0.29, 0.717) is 27.5 Å². The van der Waals surface area contributed by atoms with Crippen LogP contribution in [0.3, 0.4) is 0 Å². The lowest BCUT2D eigenvalue weighted by atomic mass is 10.3. The summed E-state index contributed by atoms with van der Waals surface area (Å²) in [6, 6.07) is 5.20. The van der Waals surface area contributed by atoms with E-state index in [2.05, 4.69) is 25.9 Å². The molecule has 7 heteroatoms. The van der Waals surface area contributed by atoms with Crippen LogP contribution < -0.4 is 19.9 Å². The van der Waals surface area contributed by atoms with Gasteiger partial charge in [-0.1, -0.05) is 0 Å². The molecule has 0 radical (unpaired) electrons. The smallest absolute Gasteiger partial charge is 0.325 e. The highest BCUT2D eigenvalue weighted by molar-refractivity contribution is 9.10. The second-order valence-corrected chi connectivity index (χ2v) is 4.38. The molecule has 2 aromatic rings. The molecule has 1 aromatic heterocycles. The Balaban J connectivity index is 2.30. The molecule has 0 aliphatic carbocycles. The van der Waals surface area contributed by atoms with Gasteiger partial charge in [-0.05, 0) is 28.1 Å². The third-order valence-corrected chi connectivity index (χ3v) is 2.82. The Kier molecular flexibility index (Phi) is 4.06. The van der Waals surface area contributed by atoms with Crippen LogP contribution in [0.1, 0.15) is 0 Å². The molecule has 1 aromatic carbocycles. The van der Waals surface area contributed by atoms with Gasteiger partial charge in [0, 0.05) is 11.8 Å². The zero-order valence-electron chi connectivity index (χ0n) is 10.4. The molecular weight excluding hydrogens is 314 g/mol. The van der Waals surface area contributed by atoms with Crippen LogP contribution in [-0.2, 0) is 0 Å². The molecule has 0 atom stereocenters. The van der Waals surface area contributed by atoms with Crippen LogP contribution in [-0.4, -0.2) is 24.2 Å². The van der Waals surface area contributed by atoms with Crippen molar-refractivity contribution in [1.82, 2.24) is 9.97 Å². The molecule has 2 rings (SSSR count). The molecule has 0 unspecified atom stereocenters. The molecule has 6 nitrogen and oxygen atoms in total. The van der Waals surface area contributed by atoms with Crippen LogP contribution in [0.25, 0.3) is 0 Å². The van der Waals surface area contributed by atoms with Crippen molar-refractivity contribution in [1.29, 1.82) is 0 Å². The van der Waals surface area contributed by atoms with E-state index in [9.17, 15) is 0 Å². The van der Waals surface area contributed by atoms with E-state index in [1.165, 1.54) is 14.2 Å². The molecule has 1 heterocycles. The molecule has 100 valence electrons. The minimum atomic E-state index is 0.156. The number of ether oxygens (including phenoxy) is 3. The highest BCUT2D eigenvalue weighted by Crippen LogP contribution is 2.33. The number of hydrogen-bond donors (Lipinski definition) is 1. The molecular formula is C12H12BrN3O3. The molecule has 0 fully saturated rings. The summed E-state index contributed by atoms with van der Waals surface area (Å²) in [5.74, 6) is 1.37. The SMILES string of the molecule is COc1cc(N)ccc1Oc1ncc(Br)c(OC)n1. The number of methoxy groups -OCH3 is 2. The summed E-state index contributed by atoms with van der Waals surface area (Å²) in [5, 5.41) is 0. The monoisotopic (exact) mass is 325 g/mol. The van der Waals surface area contributed by atoms with Gasteiger partial charge in [0.25, 0.3) is 0 Å². The Morgan fingerprint density at radius 2 is 1.95 bits per heavy atom. The highest BCUT2D eigenvalue weighted by atomic mass is 79.9. The van der Waals surface area contributed by atoms with E-state index in [1.54, 1.807) is 24.4 Å². The third kappa shape index (κ3) is 3.05. The van der Waals surface area contributed by atoms with Crippen molar-refractivity contribution in [2.45, 2.75) is 0 Å². The lowest BCUT2D eigenvalue weighted by Gasteiger charge is -2.10. The van der Waals surface area contributed by atoms with E-state index in [0.717, 1.165) is 0 Å². The first-order chi connectivity index (χ1) is 9.13. The fourth-order valence-corrected chi connectivity index (χ4v) is 1.75. The average molecular weight is 326 g/mol. The fourth-order valence-electron chi connectivity index (χ4n) is 1.40. The third-order valence-electron chi connectivity index (χ3n) is 2.27. The van der Waals surface area contributed by atoms with E-state index >= 15 is 0 Å². The summed E-state index contributed by atoms with van der Waals surface area (Å²) >= 11 is 3.27. The number of aromatic nitrogens is 2. The van der Waals surface area contributed by atoms with Gasteiger partial charge in [-0.3, -0.25) is 0 Å². The van der Waals surface area contributed by atoms with Crippen molar-refractivity contribution >= 4 is 21.6 Å². The van der Waals surface area contributed by atoms with Crippen molar-refractivity contribution in [3.05, 3.63) is 28.9 Å². The highest BCUT2D eigenvalue weighted by Gasteiger charge is 2.10. The molecule has 19 heavy (non-hydrogen) atoms. The first-order valence-electron chi connectivity index (χ1n) is 5.32.